The number of aromatic nitrogens is 3. The number of thiazole rings is 1. The number of amides is 1. The van der Waals surface area contributed by atoms with E-state index in [1.54, 1.807) is 12.3 Å². The van der Waals surface area contributed by atoms with Crippen LogP contribution in [0.2, 0.25) is 0 Å². The predicted molar refractivity (Wildman–Crippen MR) is 74.0 cm³/mol. The molecule has 1 N–H and O–H groups in total. The van der Waals surface area contributed by atoms with Gasteiger partial charge in [0.1, 0.15) is 10.8 Å². The SMILES string of the molecule is Cc1nccc(CNC(=O)Cc2nc(CCl)cs2)n1. The van der Waals surface area contributed by atoms with Crippen molar-refractivity contribution in [2.24, 2.45) is 0 Å². The van der Waals surface area contributed by atoms with Crippen molar-refractivity contribution in [1.82, 2.24) is 20.3 Å². The van der Waals surface area contributed by atoms with E-state index in [0.717, 1.165) is 16.4 Å². The first-order valence-electron chi connectivity index (χ1n) is 5.72. The first-order valence-corrected chi connectivity index (χ1v) is 7.13. The summed E-state index contributed by atoms with van der Waals surface area (Å²) < 4.78 is 0. The Morgan fingerprint density at radius 2 is 2.26 bits per heavy atom. The van der Waals surface area contributed by atoms with Crippen molar-refractivity contribution < 1.29 is 4.79 Å². The topological polar surface area (TPSA) is 67.8 Å². The molecular formula is C12H13ClN4OS. The van der Waals surface area contributed by atoms with E-state index in [-0.39, 0.29) is 12.3 Å². The lowest BCUT2D eigenvalue weighted by Gasteiger charge is -2.03. The fourth-order valence-corrected chi connectivity index (χ4v) is 2.50. The van der Waals surface area contributed by atoms with Gasteiger partial charge in [0.2, 0.25) is 5.91 Å². The molecule has 0 radical (unpaired) electrons. The smallest absolute Gasteiger partial charge is 0.227 e. The van der Waals surface area contributed by atoms with Gasteiger partial charge < -0.3 is 5.32 Å². The molecular weight excluding hydrogens is 284 g/mol. The second-order valence-corrected chi connectivity index (χ2v) is 5.12. The molecule has 7 heteroatoms. The average molecular weight is 297 g/mol. The summed E-state index contributed by atoms with van der Waals surface area (Å²) in [4.78, 5) is 24.2. The molecule has 0 saturated carbocycles. The highest BCUT2D eigenvalue weighted by atomic mass is 35.5. The van der Waals surface area contributed by atoms with Crippen LogP contribution in [-0.4, -0.2) is 20.9 Å². The van der Waals surface area contributed by atoms with Crippen molar-refractivity contribution in [3.63, 3.8) is 0 Å². The van der Waals surface area contributed by atoms with Gasteiger partial charge in [-0.25, -0.2) is 15.0 Å². The molecule has 2 rings (SSSR count). The molecule has 0 aliphatic rings. The first kappa shape index (κ1) is 13.9. The molecule has 5 nitrogen and oxygen atoms in total. The van der Waals surface area contributed by atoms with Crippen LogP contribution in [-0.2, 0) is 23.6 Å². The van der Waals surface area contributed by atoms with Crippen LogP contribution in [0.4, 0.5) is 0 Å². The molecule has 1 amide bonds. The van der Waals surface area contributed by atoms with Crippen LogP contribution in [0.25, 0.3) is 0 Å². The van der Waals surface area contributed by atoms with Gasteiger partial charge in [0.25, 0.3) is 0 Å². The molecule has 2 aromatic rings. The summed E-state index contributed by atoms with van der Waals surface area (Å²) >= 11 is 7.11. The summed E-state index contributed by atoms with van der Waals surface area (Å²) in [6.45, 7) is 2.21. The number of rotatable bonds is 5. The van der Waals surface area contributed by atoms with Crippen molar-refractivity contribution in [1.29, 1.82) is 0 Å². The van der Waals surface area contributed by atoms with Gasteiger partial charge in [0.15, 0.2) is 0 Å². The van der Waals surface area contributed by atoms with E-state index in [1.807, 2.05) is 12.3 Å². The molecule has 0 aromatic carbocycles. The summed E-state index contributed by atoms with van der Waals surface area (Å²) in [5.74, 6) is 0.989. The Hall–Kier alpha value is -1.53. The van der Waals surface area contributed by atoms with E-state index >= 15 is 0 Å². The summed E-state index contributed by atoms with van der Waals surface area (Å²) in [5, 5.41) is 5.44. The fourth-order valence-electron chi connectivity index (χ4n) is 1.48. The Balaban J connectivity index is 1.84. The normalized spacial score (nSPS) is 10.4. The highest BCUT2D eigenvalue weighted by molar-refractivity contribution is 7.09. The number of carbonyl (C=O) groups is 1. The van der Waals surface area contributed by atoms with Gasteiger partial charge in [0.05, 0.1) is 30.2 Å². The number of hydrogen-bond acceptors (Lipinski definition) is 5. The van der Waals surface area contributed by atoms with Crippen LogP contribution in [0.1, 0.15) is 22.2 Å². The molecule has 0 saturated heterocycles. The second kappa shape index (κ2) is 6.58. The van der Waals surface area contributed by atoms with Crippen LogP contribution in [0, 0.1) is 6.92 Å². The highest BCUT2D eigenvalue weighted by Crippen LogP contribution is 2.12. The third-order valence-corrected chi connectivity index (χ3v) is 3.52. The van der Waals surface area contributed by atoms with Crippen LogP contribution in [0.5, 0.6) is 0 Å². The van der Waals surface area contributed by atoms with Gasteiger partial charge in [-0.2, -0.15) is 0 Å². The van der Waals surface area contributed by atoms with Crippen molar-refractivity contribution in [2.75, 3.05) is 0 Å². The van der Waals surface area contributed by atoms with E-state index in [4.69, 9.17) is 11.6 Å². The molecule has 0 fully saturated rings. The number of nitrogens with zero attached hydrogens (tertiary/aromatic N) is 3. The van der Waals surface area contributed by atoms with E-state index in [2.05, 4.69) is 20.3 Å². The third kappa shape index (κ3) is 4.25. The van der Waals surface area contributed by atoms with Gasteiger partial charge in [0, 0.05) is 11.6 Å². The number of aryl methyl sites for hydroxylation is 1. The Morgan fingerprint density at radius 3 is 2.95 bits per heavy atom. The van der Waals surface area contributed by atoms with E-state index in [1.165, 1.54) is 11.3 Å². The predicted octanol–water partition coefficient (Wildman–Crippen LogP) is 1.84. The molecule has 0 unspecified atom stereocenters. The quantitative estimate of drug-likeness (QED) is 0.855. The van der Waals surface area contributed by atoms with Gasteiger partial charge in [-0.1, -0.05) is 0 Å². The molecule has 0 bridgehead atoms. The van der Waals surface area contributed by atoms with Gasteiger partial charge in [-0.3, -0.25) is 4.79 Å². The lowest BCUT2D eigenvalue weighted by molar-refractivity contribution is -0.120. The average Bonchev–Trinajstić information content (AvgIpc) is 2.84. The third-order valence-electron chi connectivity index (χ3n) is 2.35. The van der Waals surface area contributed by atoms with E-state index < -0.39 is 0 Å². The molecule has 0 aliphatic carbocycles. The number of hydrogen-bond donors (Lipinski definition) is 1. The zero-order valence-corrected chi connectivity index (χ0v) is 12.0. The maximum Gasteiger partial charge on any atom is 0.227 e. The molecule has 0 spiro atoms. The zero-order chi connectivity index (χ0) is 13.7. The van der Waals surface area contributed by atoms with Crippen molar-refractivity contribution in [3.05, 3.63) is 39.9 Å². The fraction of sp³-hybridized carbons (Fsp3) is 0.333. The second-order valence-electron chi connectivity index (χ2n) is 3.91. The minimum atomic E-state index is -0.0771. The summed E-state index contributed by atoms with van der Waals surface area (Å²) in [5.41, 5.74) is 1.60. The van der Waals surface area contributed by atoms with Crippen molar-refractivity contribution in [2.45, 2.75) is 25.8 Å². The number of carbonyl (C=O) groups excluding carboxylic acids is 1. The van der Waals surface area contributed by atoms with Crippen LogP contribution in [0.3, 0.4) is 0 Å². The lowest BCUT2D eigenvalue weighted by Crippen LogP contribution is -2.25. The zero-order valence-electron chi connectivity index (χ0n) is 10.4. The van der Waals surface area contributed by atoms with Crippen molar-refractivity contribution >= 4 is 28.8 Å². The highest BCUT2D eigenvalue weighted by Gasteiger charge is 2.08. The Labute approximate surface area is 120 Å². The van der Waals surface area contributed by atoms with Gasteiger partial charge in [-0.15, -0.1) is 22.9 Å². The number of halogens is 1. The summed E-state index contributed by atoms with van der Waals surface area (Å²) in [7, 11) is 0. The minimum absolute atomic E-state index is 0.0771. The number of nitrogens with one attached hydrogen (secondary N) is 1. The maximum absolute atomic E-state index is 11.7. The molecule has 2 heterocycles. The number of alkyl halides is 1. The van der Waals surface area contributed by atoms with Gasteiger partial charge >= 0.3 is 0 Å². The summed E-state index contributed by atoms with van der Waals surface area (Å²) in [6.07, 6.45) is 1.95. The molecule has 2 aromatic heterocycles. The molecule has 100 valence electrons. The minimum Gasteiger partial charge on any atom is -0.350 e. The van der Waals surface area contributed by atoms with E-state index in [9.17, 15) is 4.79 Å². The Morgan fingerprint density at radius 1 is 1.42 bits per heavy atom. The lowest BCUT2D eigenvalue weighted by atomic mass is 10.3. The van der Waals surface area contributed by atoms with E-state index in [0.29, 0.717) is 18.2 Å². The van der Waals surface area contributed by atoms with Gasteiger partial charge in [-0.05, 0) is 13.0 Å². The summed E-state index contributed by atoms with van der Waals surface area (Å²) in [6, 6.07) is 1.78. The van der Waals surface area contributed by atoms with Crippen LogP contribution >= 0.6 is 22.9 Å². The molecule has 0 atom stereocenters. The van der Waals surface area contributed by atoms with Crippen LogP contribution in [0.15, 0.2) is 17.6 Å². The maximum atomic E-state index is 11.7. The largest absolute Gasteiger partial charge is 0.350 e. The molecule has 0 aliphatic heterocycles. The Bertz CT molecular complexity index is 572. The monoisotopic (exact) mass is 296 g/mol. The Kier molecular flexibility index (Phi) is 4.81. The first-order chi connectivity index (χ1) is 9.17. The standard InChI is InChI=1S/C12H13ClN4OS/c1-8-14-3-2-9(16-8)6-15-11(18)4-12-17-10(5-13)7-19-12/h2-3,7H,4-6H2,1H3,(H,15,18). The van der Waals surface area contributed by atoms with Crippen LogP contribution < -0.4 is 5.32 Å². The molecule has 19 heavy (non-hydrogen) atoms. The van der Waals surface area contributed by atoms with Crippen molar-refractivity contribution in [3.8, 4) is 0 Å².